The highest BCUT2D eigenvalue weighted by molar-refractivity contribution is 5.96. The maximum atomic E-state index is 9.94. The Morgan fingerprint density at radius 3 is 2.48 bits per heavy atom. The van der Waals surface area contributed by atoms with Crippen molar-refractivity contribution in [2.75, 3.05) is 0 Å². The minimum atomic E-state index is 0.230. The smallest absolute Gasteiger partial charge is 0.142 e. The normalized spacial score (nSPS) is 14.8. The first-order valence-corrected chi connectivity index (χ1v) is 7.85. The molecular formula is C20H18O3. The van der Waals surface area contributed by atoms with Crippen molar-refractivity contribution in [2.45, 2.75) is 19.8 Å². The van der Waals surface area contributed by atoms with Crippen molar-refractivity contribution in [1.82, 2.24) is 0 Å². The van der Waals surface area contributed by atoms with Crippen molar-refractivity contribution in [3.05, 3.63) is 53.6 Å². The van der Waals surface area contributed by atoms with Gasteiger partial charge in [-0.05, 0) is 67.6 Å². The second-order valence-corrected chi connectivity index (χ2v) is 6.23. The number of hydrogen-bond donors (Lipinski definition) is 2. The fraction of sp³-hybridized carbons (Fsp3) is 0.200. The molecule has 0 amide bonds. The topological polar surface area (TPSA) is 53.6 Å². The number of aryl methyl sites for hydroxylation is 1. The molecule has 1 heterocycles. The van der Waals surface area contributed by atoms with Gasteiger partial charge in [0, 0.05) is 16.5 Å². The Morgan fingerprint density at radius 2 is 1.78 bits per heavy atom. The number of furan rings is 1. The lowest BCUT2D eigenvalue weighted by atomic mass is 10.0. The summed E-state index contributed by atoms with van der Waals surface area (Å²) in [7, 11) is 0. The van der Waals surface area contributed by atoms with Crippen molar-refractivity contribution in [2.24, 2.45) is 5.92 Å². The van der Waals surface area contributed by atoms with Crippen molar-refractivity contribution in [3.8, 4) is 22.8 Å². The third-order valence-corrected chi connectivity index (χ3v) is 4.28. The van der Waals surface area contributed by atoms with Gasteiger partial charge in [0.15, 0.2) is 0 Å². The molecule has 1 aliphatic carbocycles. The third-order valence-electron chi connectivity index (χ3n) is 4.28. The quantitative estimate of drug-likeness (QED) is 0.695. The summed E-state index contributed by atoms with van der Waals surface area (Å²) in [5.41, 5.74) is 3.59. The van der Waals surface area contributed by atoms with Crippen LogP contribution in [0, 0.1) is 12.8 Å². The molecule has 0 radical (unpaired) electrons. The van der Waals surface area contributed by atoms with Crippen LogP contribution in [0.3, 0.4) is 0 Å². The summed E-state index contributed by atoms with van der Waals surface area (Å²) >= 11 is 0. The Balaban J connectivity index is 1.95. The second-order valence-electron chi connectivity index (χ2n) is 6.23. The summed E-state index contributed by atoms with van der Waals surface area (Å²) in [6.45, 7) is 1.93. The van der Waals surface area contributed by atoms with Crippen LogP contribution in [0.15, 0.2) is 46.9 Å². The summed E-state index contributed by atoms with van der Waals surface area (Å²) in [5, 5.41) is 20.4. The maximum Gasteiger partial charge on any atom is 0.142 e. The summed E-state index contributed by atoms with van der Waals surface area (Å²) in [6.07, 6.45) is 6.80. The van der Waals surface area contributed by atoms with E-state index in [2.05, 4.69) is 12.2 Å². The van der Waals surface area contributed by atoms with Gasteiger partial charge in [-0.3, -0.25) is 0 Å². The molecule has 116 valence electrons. The molecule has 23 heavy (non-hydrogen) atoms. The Labute approximate surface area is 134 Å². The van der Waals surface area contributed by atoms with Crippen LogP contribution in [0.1, 0.15) is 24.0 Å². The van der Waals surface area contributed by atoms with Crippen LogP contribution in [0.4, 0.5) is 0 Å². The molecule has 0 atom stereocenters. The van der Waals surface area contributed by atoms with Crippen molar-refractivity contribution >= 4 is 17.0 Å². The number of fused-ring (bicyclic) bond motifs is 1. The van der Waals surface area contributed by atoms with Crippen LogP contribution < -0.4 is 0 Å². The number of hydrogen-bond acceptors (Lipinski definition) is 3. The molecule has 1 aromatic heterocycles. The fourth-order valence-electron chi connectivity index (χ4n) is 2.88. The lowest BCUT2D eigenvalue weighted by molar-refractivity contribution is 0.474. The summed E-state index contributed by atoms with van der Waals surface area (Å²) in [6, 6.07) is 10.5. The highest BCUT2D eigenvalue weighted by atomic mass is 16.3. The van der Waals surface area contributed by atoms with Gasteiger partial charge in [-0.25, -0.2) is 0 Å². The maximum absolute atomic E-state index is 9.94. The SMILES string of the molecule is Cc1cc(O)cc2c(C=CC3CC3)c(-c3ccc(O)cc3)oc12. The predicted octanol–water partition coefficient (Wildman–Crippen LogP) is 5.24. The number of aromatic hydroxyl groups is 2. The largest absolute Gasteiger partial charge is 0.508 e. The van der Waals surface area contributed by atoms with E-state index in [1.807, 2.05) is 19.1 Å². The van der Waals surface area contributed by atoms with Crippen molar-refractivity contribution in [1.29, 1.82) is 0 Å². The number of allylic oxidation sites excluding steroid dienone is 1. The first kappa shape index (κ1) is 13.9. The number of phenolic OH excluding ortho intramolecular Hbond substituents is 2. The highest BCUT2D eigenvalue weighted by Gasteiger charge is 2.20. The molecule has 0 bridgehead atoms. The van der Waals surface area contributed by atoms with E-state index in [4.69, 9.17) is 4.42 Å². The molecule has 3 aromatic rings. The standard InChI is InChI=1S/C20H18O3/c1-12-10-16(22)11-18-17(9-4-13-2-3-13)20(23-19(12)18)14-5-7-15(21)8-6-14/h4-11,13,21-22H,2-3H2,1H3. The van der Waals surface area contributed by atoms with Gasteiger partial charge >= 0.3 is 0 Å². The van der Waals surface area contributed by atoms with Crippen molar-refractivity contribution in [3.63, 3.8) is 0 Å². The summed E-state index contributed by atoms with van der Waals surface area (Å²) in [5.74, 6) is 1.90. The molecule has 2 N–H and O–H groups in total. The molecule has 0 unspecified atom stereocenters. The first-order chi connectivity index (χ1) is 11.1. The van der Waals surface area contributed by atoms with Crippen LogP contribution in [0.5, 0.6) is 11.5 Å². The lowest BCUT2D eigenvalue weighted by Gasteiger charge is -2.00. The van der Waals surface area contributed by atoms with E-state index in [-0.39, 0.29) is 11.5 Å². The molecule has 3 nitrogen and oxygen atoms in total. The third kappa shape index (κ3) is 2.59. The van der Waals surface area contributed by atoms with E-state index in [1.165, 1.54) is 12.8 Å². The molecule has 1 fully saturated rings. The van der Waals surface area contributed by atoms with Crippen LogP contribution in [-0.2, 0) is 0 Å². The molecule has 2 aromatic carbocycles. The van der Waals surface area contributed by atoms with Gasteiger partial charge in [0.25, 0.3) is 0 Å². The average Bonchev–Trinajstić information content (AvgIpc) is 3.27. The van der Waals surface area contributed by atoms with Gasteiger partial charge in [-0.2, -0.15) is 0 Å². The molecule has 1 aliphatic rings. The van der Waals surface area contributed by atoms with E-state index in [1.54, 1.807) is 24.3 Å². The zero-order valence-electron chi connectivity index (χ0n) is 12.9. The van der Waals surface area contributed by atoms with Crippen LogP contribution >= 0.6 is 0 Å². The van der Waals surface area contributed by atoms with E-state index < -0.39 is 0 Å². The van der Waals surface area contributed by atoms with E-state index in [0.717, 1.165) is 33.4 Å². The minimum Gasteiger partial charge on any atom is -0.508 e. The predicted molar refractivity (Wildman–Crippen MR) is 91.5 cm³/mol. The molecule has 0 saturated heterocycles. The molecule has 4 rings (SSSR count). The van der Waals surface area contributed by atoms with E-state index in [9.17, 15) is 10.2 Å². The van der Waals surface area contributed by atoms with Crippen LogP contribution in [0.2, 0.25) is 0 Å². The number of benzene rings is 2. The zero-order chi connectivity index (χ0) is 16.0. The molecular weight excluding hydrogens is 288 g/mol. The molecule has 3 heteroatoms. The van der Waals surface area contributed by atoms with E-state index in [0.29, 0.717) is 5.92 Å². The first-order valence-electron chi connectivity index (χ1n) is 7.85. The Bertz CT molecular complexity index is 897. The number of rotatable bonds is 3. The lowest BCUT2D eigenvalue weighted by Crippen LogP contribution is -1.79. The van der Waals surface area contributed by atoms with Gasteiger partial charge in [-0.1, -0.05) is 12.2 Å². The van der Waals surface area contributed by atoms with Crippen LogP contribution in [-0.4, -0.2) is 10.2 Å². The second kappa shape index (κ2) is 5.20. The monoisotopic (exact) mass is 306 g/mol. The molecule has 1 saturated carbocycles. The van der Waals surface area contributed by atoms with Crippen LogP contribution in [0.25, 0.3) is 28.4 Å². The minimum absolute atomic E-state index is 0.230. The Hall–Kier alpha value is -2.68. The Morgan fingerprint density at radius 1 is 1.04 bits per heavy atom. The average molecular weight is 306 g/mol. The Kier molecular flexibility index (Phi) is 3.15. The fourth-order valence-corrected chi connectivity index (χ4v) is 2.88. The van der Waals surface area contributed by atoms with E-state index >= 15 is 0 Å². The van der Waals surface area contributed by atoms with Gasteiger partial charge < -0.3 is 14.6 Å². The zero-order valence-corrected chi connectivity index (χ0v) is 12.9. The molecule has 0 spiro atoms. The van der Waals surface area contributed by atoms with Crippen molar-refractivity contribution < 1.29 is 14.6 Å². The van der Waals surface area contributed by atoms with Gasteiger partial charge in [-0.15, -0.1) is 0 Å². The number of phenols is 2. The summed E-state index contributed by atoms with van der Waals surface area (Å²) in [4.78, 5) is 0. The summed E-state index contributed by atoms with van der Waals surface area (Å²) < 4.78 is 6.12. The van der Waals surface area contributed by atoms with Gasteiger partial charge in [0.05, 0.1) is 0 Å². The van der Waals surface area contributed by atoms with Gasteiger partial charge in [0.2, 0.25) is 0 Å². The van der Waals surface area contributed by atoms with Gasteiger partial charge in [0.1, 0.15) is 22.8 Å². The molecule has 0 aliphatic heterocycles. The highest BCUT2D eigenvalue weighted by Crippen LogP contribution is 2.39.